The van der Waals surface area contributed by atoms with Crippen LogP contribution in [0, 0.1) is 24.5 Å². The number of benzene rings is 1. The zero-order chi connectivity index (χ0) is 17.4. The van der Waals surface area contributed by atoms with Gasteiger partial charge in [0.2, 0.25) is 5.76 Å². The van der Waals surface area contributed by atoms with Crippen molar-refractivity contribution < 1.29 is 22.7 Å². The predicted molar refractivity (Wildman–Crippen MR) is 81.8 cm³/mol. The molecular weight excluding hydrogens is 318 g/mol. The summed E-state index contributed by atoms with van der Waals surface area (Å²) in [6.45, 7) is 5.76. The van der Waals surface area contributed by atoms with E-state index in [-0.39, 0.29) is 23.7 Å². The molecule has 5 nitrogen and oxygen atoms in total. The zero-order valence-electron chi connectivity index (χ0n) is 13.7. The number of carbonyl (C=O) groups excluding carboxylic acids is 1. The number of hydrogen-bond acceptors (Lipinski definition) is 4. The van der Waals surface area contributed by atoms with Crippen molar-refractivity contribution in [3.63, 3.8) is 0 Å². The number of ether oxygens (including phenoxy) is 1. The molecule has 24 heavy (non-hydrogen) atoms. The van der Waals surface area contributed by atoms with Crippen LogP contribution in [-0.4, -0.2) is 17.5 Å². The molecule has 1 atom stereocenters. The van der Waals surface area contributed by atoms with E-state index in [4.69, 9.17) is 9.15 Å². The average Bonchev–Trinajstić information content (AvgIpc) is 3.02. The molecule has 1 aromatic heterocycles. The van der Waals surface area contributed by atoms with Crippen LogP contribution in [0.2, 0.25) is 0 Å². The highest BCUT2D eigenvalue weighted by molar-refractivity contribution is 5.92. The van der Waals surface area contributed by atoms with Crippen molar-refractivity contribution in [1.82, 2.24) is 10.3 Å². The molecule has 1 aromatic carbocycles. The molecule has 0 aliphatic carbocycles. The van der Waals surface area contributed by atoms with Crippen molar-refractivity contribution in [2.45, 2.75) is 33.2 Å². The molecular formula is C17H18F2N2O3. The van der Waals surface area contributed by atoms with Crippen LogP contribution in [0.3, 0.4) is 0 Å². The van der Waals surface area contributed by atoms with Crippen LogP contribution in [0.5, 0.6) is 5.75 Å². The molecule has 0 radical (unpaired) electrons. The summed E-state index contributed by atoms with van der Waals surface area (Å²) in [6, 6.07) is 1.17. The Morgan fingerprint density at radius 3 is 2.88 bits per heavy atom. The molecule has 1 aliphatic heterocycles. The number of amides is 1. The molecule has 2 heterocycles. The van der Waals surface area contributed by atoms with E-state index in [2.05, 4.69) is 10.3 Å². The first-order valence-corrected chi connectivity index (χ1v) is 7.74. The fraction of sp³-hybridized carbons (Fsp3) is 0.412. The second-order valence-electron chi connectivity index (χ2n) is 6.26. The number of fused-ring (bicyclic) bond motifs is 1. The van der Waals surface area contributed by atoms with Gasteiger partial charge in [0.05, 0.1) is 17.3 Å². The second-order valence-corrected chi connectivity index (χ2v) is 6.26. The first-order chi connectivity index (χ1) is 11.3. The normalized spacial score (nSPS) is 16.2. The highest BCUT2D eigenvalue weighted by Crippen LogP contribution is 2.35. The highest BCUT2D eigenvalue weighted by atomic mass is 19.1. The number of nitrogens with zero attached hydrogens (tertiary/aromatic N) is 1. The number of oxazole rings is 1. The van der Waals surface area contributed by atoms with E-state index in [1.165, 1.54) is 0 Å². The standard InChI is InChI=1S/C17H18F2N2O3/c1-8(2)4-14-20-9(3)16(24-14)17(22)21-12-7-23-13-6-10(18)5-11(19)15(12)13/h5-6,8,12H,4,7H2,1-3H3,(H,21,22)/t12-/m1/s1. The topological polar surface area (TPSA) is 64.4 Å². The quantitative estimate of drug-likeness (QED) is 0.930. The fourth-order valence-corrected chi connectivity index (χ4v) is 2.71. The number of carbonyl (C=O) groups is 1. The summed E-state index contributed by atoms with van der Waals surface area (Å²) >= 11 is 0. The molecule has 0 bridgehead atoms. The van der Waals surface area contributed by atoms with Gasteiger partial charge in [-0.25, -0.2) is 13.8 Å². The Labute approximate surface area is 138 Å². The molecule has 0 saturated carbocycles. The Morgan fingerprint density at radius 2 is 2.17 bits per heavy atom. The van der Waals surface area contributed by atoms with Crippen molar-refractivity contribution in [3.05, 3.63) is 46.7 Å². The van der Waals surface area contributed by atoms with Gasteiger partial charge in [-0.05, 0) is 12.8 Å². The largest absolute Gasteiger partial charge is 0.490 e. The summed E-state index contributed by atoms with van der Waals surface area (Å²) in [7, 11) is 0. The molecule has 2 aromatic rings. The van der Waals surface area contributed by atoms with Gasteiger partial charge in [-0.2, -0.15) is 0 Å². The van der Waals surface area contributed by atoms with Gasteiger partial charge in [0.15, 0.2) is 5.89 Å². The van der Waals surface area contributed by atoms with Gasteiger partial charge in [0.1, 0.15) is 24.0 Å². The van der Waals surface area contributed by atoms with E-state index < -0.39 is 23.6 Å². The molecule has 1 aliphatic rings. The summed E-state index contributed by atoms with van der Waals surface area (Å²) in [5.41, 5.74) is 0.617. The molecule has 128 valence electrons. The van der Waals surface area contributed by atoms with Crippen molar-refractivity contribution in [2.24, 2.45) is 5.92 Å². The van der Waals surface area contributed by atoms with E-state index in [1.54, 1.807) is 6.92 Å². The first-order valence-electron chi connectivity index (χ1n) is 7.74. The fourth-order valence-electron chi connectivity index (χ4n) is 2.71. The minimum absolute atomic E-state index is 0.0352. The molecule has 3 rings (SSSR count). The van der Waals surface area contributed by atoms with Crippen LogP contribution < -0.4 is 10.1 Å². The van der Waals surface area contributed by atoms with Crippen LogP contribution in [0.15, 0.2) is 16.5 Å². The Hall–Kier alpha value is -2.44. The van der Waals surface area contributed by atoms with Gasteiger partial charge in [0, 0.05) is 18.6 Å². The number of halogens is 2. The minimum atomic E-state index is -0.748. The van der Waals surface area contributed by atoms with Crippen LogP contribution in [0.4, 0.5) is 8.78 Å². The van der Waals surface area contributed by atoms with Gasteiger partial charge < -0.3 is 14.5 Å². The maximum absolute atomic E-state index is 14.0. The maximum Gasteiger partial charge on any atom is 0.289 e. The number of aromatic nitrogens is 1. The predicted octanol–water partition coefficient (Wildman–Crippen LogP) is 3.32. The van der Waals surface area contributed by atoms with Gasteiger partial charge in [0.25, 0.3) is 5.91 Å². The number of aryl methyl sites for hydroxylation is 1. The third-order valence-electron chi connectivity index (χ3n) is 3.75. The first kappa shape index (κ1) is 16.4. The number of hydrogen-bond donors (Lipinski definition) is 1. The van der Waals surface area contributed by atoms with Crippen molar-refractivity contribution in [3.8, 4) is 5.75 Å². The van der Waals surface area contributed by atoms with E-state index in [0.717, 1.165) is 12.1 Å². The van der Waals surface area contributed by atoms with Gasteiger partial charge in [-0.1, -0.05) is 13.8 Å². The second kappa shape index (κ2) is 6.22. The van der Waals surface area contributed by atoms with Crippen molar-refractivity contribution >= 4 is 5.91 Å². The van der Waals surface area contributed by atoms with E-state index in [1.807, 2.05) is 13.8 Å². The molecule has 1 amide bonds. The summed E-state index contributed by atoms with van der Waals surface area (Å²) in [5.74, 6) is -0.929. The molecule has 0 fully saturated rings. The smallest absolute Gasteiger partial charge is 0.289 e. The van der Waals surface area contributed by atoms with Crippen LogP contribution in [0.1, 0.15) is 47.6 Å². The lowest BCUT2D eigenvalue weighted by atomic mass is 10.1. The van der Waals surface area contributed by atoms with Gasteiger partial charge in [-0.3, -0.25) is 4.79 Å². The lowest BCUT2D eigenvalue weighted by molar-refractivity contribution is 0.0898. The average molecular weight is 336 g/mol. The third kappa shape index (κ3) is 3.11. The minimum Gasteiger partial charge on any atom is -0.490 e. The maximum atomic E-state index is 14.0. The van der Waals surface area contributed by atoms with E-state index in [9.17, 15) is 13.6 Å². The molecule has 7 heteroatoms. The molecule has 0 saturated heterocycles. The molecule has 1 N–H and O–H groups in total. The Morgan fingerprint density at radius 1 is 1.42 bits per heavy atom. The van der Waals surface area contributed by atoms with Crippen LogP contribution in [-0.2, 0) is 6.42 Å². The van der Waals surface area contributed by atoms with Gasteiger partial charge in [-0.15, -0.1) is 0 Å². The lowest BCUT2D eigenvalue weighted by Gasteiger charge is -2.11. The Bertz CT molecular complexity index is 786. The Balaban J connectivity index is 1.79. The van der Waals surface area contributed by atoms with Crippen LogP contribution >= 0.6 is 0 Å². The zero-order valence-corrected chi connectivity index (χ0v) is 13.7. The monoisotopic (exact) mass is 336 g/mol. The Kier molecular flexibility index (Phi) is 4.26. The van der Waals surface area contributed by atoms with Crippen LogP contribution in [0.25, 0.3) is 0 Å². The molecule has 0 unspecified atom stereocenters. The number of nitrogens with one attached hydrogen (secondary N) is 1. The van der Waals surface area contributed by atoms with Crippen molar-refractivity contribution in [2.75, 3.05) is 6.61 Å². The lowest BCUT2D eigenvalue weighted by Crippen LogP contribution is -2.30. The van der Waals surface area contributed by atoms with E-state index >= 15 is 0 Å². The third-order valence-corrected chi connectivity index (χ3v) is 3.75. The van der Waals surface area contributed by atoms with Crippen molar-refractivity contribution in [1.29, 1.82) is 0 Å². The number of rotatable bonds is 4. The van der Waals surface area contributed by atoms with Gasteiger partial charge >= 0.3 is 0 Å². The summed E-state index contributed by atoms with van der Waals surface area (Å²) in [4.78, 5) is 16.6. The van der Waals surface area contributed by atoms with E-state index in [0.29, 0.717) is 23.9 Å². The SMILES string of the molecule is Cc1nc(CC(C)C)oc1C(=O)N[C@@H]1COc2cc(F)cc(F)c21. The summed E-state index contributed by atoms with van der Waals surface area (Å²) in [6.07, 6.45) is 0.622. The highest BCUT2D eigenvalue weighted by Gasteiger charge is 2.31. The molecule has 0 spiro atoms. The summed E-state index contributed by atoms with van der Waals surface area (Å²) in [5, 5.41) is 2.66. The summed E-state index contributed by atoms with van der Waals surface area (Å²) < 4.78 is 38.0.